The van der Waals surface area contributed by atoms with Crippen molar-refractivity contribution in [1.82, 2.24) is 0 Å². The maximum absolute atomic E-state index is 13.3. The topological polar surface area (TPSA) is 26.3 Å². The number of carbonyl (C=O) groups excluding carboxylic acids is 1. The molecule has 2 aromatic carbocycles. The molecule has 0 aliphatic carbocycles. The zero-order valence-corrected chi connectivity index (χ0v) is 9.89. The van der Waals surface area contributed by atoms with E-state index in [1.807, 2.05) is 0 Å². The summed E-state index contributed by atoms with van der Waals surface area (Å²) in [5.74, 6) is -15.2. The molecule has 2 rings (SSSR count). The van der Waals surface area contributed by atoms with Crippen molar-refractivity contribution in [3.63, 3.8) is 0 Å². The molecule has 0 N–H and O–H groups in total. The summed E-state index contributed by atoms with van der Waals surface area (Å²) < 4.78 is 82.0. The third-order valence-corrected chi connectivity index (χ3v) is 2.44. The van der Waals surface area contributed by atoms with Gasteiger partial charge in [-0.05, 0) is 24.3 Å². The Kier molecular flexibility index (Phi) is 3.88. The second-order valence-corrected chi connectivity index (χ2v) is 3.80. The van der Waals surface area contributed by atoms with Crippen LogP contribution in [-0.4, -0.2) is 5.97 Å². The summed E-state index contributed by atoms with van der Waals surface area (Å²) in [5.41, 5.74) is -0.333. The molecule has 0 saturated carbocycles. The first kappa shape index (κ1) is 14.9. The maximum Gasteiger partial charge on any atom is 0.343 e. The number of ether oxygens (including phenoxy) is 1. The Morgan fingerprint density at radius 1 is 0.714 bits per heavy atom. The van der Waals surface area contributed by atoms with Gasteiger partial charge in [0.2, 0.25) is 34.8 Å². The summed E-state index contributed by atoms with van der Waals surface area (Å²) in [6, 6.07) is 3.55. The lowest BCUT2D eigenvalue weighted by atomic mass is 10.2. The van der Waals surface area contributed by atoms with Crippen molar-refractivity contribution in [3.8, 4) is 5.75 Å². The number of hydrogen-bond acceptors (Lipinski definition) is 2. The van der Waals surface area contributed by atoms with E-state index < -0.39 is 46.6 Å². The summed E-state index contributed by atoms with van der Waals surface area (Å²) in [5, 5.41) is 0. The third-order valence-electron chi connectivity index (χ3n) is 2.44. The van der Waals surface area contributed by atoms with E-state index in [1.165, 1.54) is 0 Å². The molecule has 0 amide bonds. The van der Waals surface area contributed by atoms with Gasteiger partial charge in [-0.3, -0.25) is 0 Å². The zero-order chi connectivity index (χ0) is 15.7. The van der Waals surface area contributed by atoms with Crippen molar-refractivity contribution in [3.05, 3.63) is 64.7 Å². The number of rotatable bonds is 2. The average Bonchev–Trinajstić information content (AvgIpc) is 2.48. The second-order valence-electron chi connectivity index (χ2n) is 3.80. The Morgan fingerprint density at radius 2 is 1.14 bits per heavy atom. The highest BCUT2D eigenvalue weighted by molar-refractivity contribution is 5.91. The molecule has 0 heterocycles. The summed E-state index contributed by atoms with van der Waals surface area (Å²) in [4.78, 5) is 11.5. The molecule has 21 heavy (non-hydrogen) atoms. The Balaban J connectivity index is 2.40. The van der Waals surface area contributed by atoms with Crippen molar-refractivity contribution in [1.29, 1.82) is 0 Å². The predicted octanol–water partition coefficient (Wildman–Crippen LogP) is 3.74. The van der Waals surface area contributed by atoms with Crippen molar-refractivity contribution >= 4 is 5.97 Å². The van der Waals surface area contributed by atoms with Crippen LogP contribution in [0.15, 0.2) is 24.3 Å². The second kappa shape index (κ2) is 5.47. The van der Waals surface area contributed by atoms with E-state index in [4.69, 9.17) is 0 Å². The molecule has 0 spiro atoms. The van der Waals surface area contributed by atoms with Crippen molar-refractivity contribution in [2.45, 2.75) is 0 Å². The van der Waals surface area contributed by atoms with E-state index in [2.05, 4.69) is 4.74 Å². The quantitative estimate of drug-likeness (QED) is 0.278. The first-order chi connectivity index (χ1) is 9.82. The molecule has 2 aromatic rings. The highest BCUT2D eigenvalue weighted by Crippen LogP contribution is 2.29. The lowest BCUT2D eigenvalue weighted by Crippen LogP contribution is -2.13. The number of esters is 1. The van der Waals surface area contributed by atoms with Gasteiger partial charge in [0.15, 0.2) is 0 Å². The molecule has 0 aromatic heterocycles. The van der Waals surface area contributed by atoms with Gasteiger partial charge >= 0.3 is 5.97 Å². The molecular weight excluding hydrogens is 302 g/mol. The van der Waals surface area contributed by atoms with E-state index in [0.29, 0.717) is 0 Å². The first-order valence-corrected chi connectivity index (χ1v) is 5.32. The van der Waals surface area contributed by atoms with Gasteiger partial charge in [-0.1, -0.05) is 0 Å². The number of carbonyl (C=O) groups is 1. The number of benzene rings is 2. The van der Waals surface area contributed by atoms with Crippen molar-refractivity contribution in [2.24, 2.45) is 0 Å². The van der Waals surface area contributed by atoms with Gasteiger partial charge < -0.3 is 4.74 Å². The van der Waals surface area contributed by atoms with Gasteiger partial charge in [-0.25, -0.2) is 22.4 Å². The van der Waals surface area contributed by atoms with Crippen LogP contribution in [-0.2, 0) is 0 Å². The minimum Gasteiger partial charge on any atom is -0.416 e. The molecule has 0 saturated heterocycles. The van der Waals surface area contributed by atoms with E-state index >= 15 is 0 Å². The average molecular weight is 306 g/mol. The highest BCUT2D eigenvalue weighted by atomic mass is 19.2. The van der Waals surface area contributed by atoms with Crippen molar-refractivity contribution < 1.29 is 35.9 Å². The molecule has 0 radical (unpaired) electrons. The first-order valence-electron chi connectivity index (χ1n) is 5.32. The zero-order valence-electron chi connectivity index (χ0n) is 9.89. The summed E-state index contributed by atoms with van der Waals surface area (Å²) in [6.07, 6.45) is 0. The fourth-order valence-electron chi connectivity index (χ4n) is 1.41. The molecule has 0 fully saturated rings. The van der Waals surface area contributed by atoms with E-state index in [1.54, 1.807) is 0 Å². The lowest BCUT2D eigenvalue weighted by Gasteiger charge is -2.08. The van der Waals surface area contributed by atoms with E-state index in [0.717, 1.165) is 24.3 Å². The summed E-state index contributed by atoms with van der Waals surface area (Å²) >= 11 is 0. The van der Waals surface area contributed by atoms with Crippen LogP contribution < -0.4 is 4.74 Å². The fraction of sp³-hybridized carbons (Fsp3) is 0. The normalized spacial score (nSPS) is 10.6. The number of halogens is 6. The van der Waals surface area contributed by atoms with Gasteiger partial charge in [0.25, 0.3) is 0 Å². The van der Waals surface area contributed by atoms with Crippen LogP contribution in [0.5, 0.6) is 5.75 Å². The van der Waals surface area contributed by atoms with Gasteiger partial charge in [0.1, 0.15) is 5.82 Å². The Bertz CT molecular complexity index is 683. The predicted molar refractivity (Wildman–Crippen MR) is 57.6 cm³/mol. The molecule has 0 bridgehead atoms. The van der Waals surface area contributed by atoms with E-state index in [9.17, 15) is 31.1 Å². The number of hydrogen-bond donors (Lipinski definition) is 0. The lowest BCUT2D eigenvalue weighted by molar-refractivity contribution is 0.0716. The molecule has 0 aliphatic heterocycles. The van der Waals surface area contributed by atoms with Crippen molar-refractivity contribution in [2.75, 3.05) is 0 Å². The van der Waals surface area contributed by atoms with Crippen LogP contribution in [0.3, 0.4) is 0 Å². The minimum absolute atomic E-state index is 0.333. The van der Waals surface area contributed by atoms with Gasteiger partial charge in [0.05, 0.1) is 5.56 Å². The summed E-state index contributed by atoms with van der Waals surface area (Å²) in [7, 11) is 0. The van der Waals surface area contributed by atoms with Crippen LogP contribution in [0, 0.1) is 34.9 Å². The standard InChI is InChI=1S/C13H4F6O2/c14-6-3-1-5(2-4-6)13(20)21-12-10(18)8(16)7(15)9(17)11(12)19/h1-4H. The van der Waals surface area contributed by atoms with Crippen LogP contribution in [0.2, 0.25) is 0 Å². The Labute approximate surface area is 113 Å². The largest absolute Gasteiger partial charge is 0.416 e. The Hall–Kier alpha value is -2.51. The molecule has 0 atom stereocenters. The van der Waals surface area contributed by atoms with Crippen LogP contribution in [0.1, 0.15) is 10.4 Å². The molecule has 2 nitrogen and oxygen atoms in total. The fourth-order valence-corrected chi connectivity index (χ4v) is 1.41. The summed E-state index contributed by atoms with van der Waals surface area (Å²) in [6.45, 7) is 0. The highest BCUT2D eigenvalue weighted by Gasteiger charge is 2.28. The van der Waals surface area contributed by atoms with Crippen LogP contribution >= 0.6 is 0 Å². The monoisotopic (exact) mass is 306 g/mol. The minimum atomic E-state index is -2.37. The van der Waals surface area contributed by atoms with Gasteiger partial charge in [0, 0.05) is 0 Å². The Morgan fingerprint density at radius 3 is 1.62 bits per heavy atom. The smallest absolute Gasteiger partial charge is 0.343 e. The van der Waals surface area contributed by atoms with Crippen LogP contribution in [0.25, 0.3) is 0 Å². The SMILES string of the molecule is O=C(Oc1c(F)c(F)c(F)c(F)c1F)c1ccc(F)cc1. The maximum atomic E-state index is 13.3. The molecule has 110 valence electrons. The molecule has 8 heteroatoms. The van der Waals surface area contributed by atoms with E-state index in [-0.39, 0.29) is 5.56 Å². The van der Waals surface area contributed by atoms with Gasteiger partial charge in [-0.2, -0.15) is 8.78 Å². The third kappa shape index (κ3) is 2.69. The molecule has 0 aliphatic rings. The van der Waals surface area contributed by atoms with Crippen LogP contribution in [0.4, 0.5) is 26.3 Å². The van der Waals surface area contributed by atoms with Gasteiger partial charge in [-0.15, -0.1) is 0 Å². The molecule has 0 unspecified atom stereocenters. The molecular formula is C13H4F6O2.